The van der Waals surface area contributed by atoms with Crippen LogP contribution in [0.25, 0.3) is 0 Å². The summed E-state index contributed by atoms with van der Waals surface area (Å²) >= 11 is 0. The average Bonchev–Trinajstić information content (AvgIpc) is 1.69. The normalized spacial score (nSPS) is 9.43. The zero-order valence-electron chi connectivity index (χ0n) is 4.64. The van der Waals surface area contributed by atoms with Crippen molar-refractivity contribution in [1.29, 1.82) is 0 Å². The van der Waals surface area contributed by atoms with Gasteiger partial charge in [-0.3, -0.25) is 0 Å². The Morgan fingerprint density at radius 2 is 1.43 bits per heavy atom. The van der Waals surface area contributed by atoms with E-state index in [0.717, 1.165) is 0 Å². The molecule has 0 spiro atoms. The fourth-order valence-electron chi connectivity index (χ4n) is 0.130. The third-order valence-corrected chi connectivity index (χ3v) is 4.72. The molecular formula is C4H10S3. The SMILES string of the molecule is CCSSSCC. The van der Waals surface area contributed by atoms with Crippen molar-refractivity contribution in [2.24, 2.45) is 0 Å². The summed E-state index contributed by atoms with van der Waals surface area (Å²) in [6.07, 6.45) is 0. The van der Waals surface area contributed by atoms with Crippen molar-refractivity contribution in [3.05, 3.63) is 0 Å². The summed E-state index contributed by atoms with van der Waals surface area (Å²) in [4.78, 5) is 0. The van der Waals surface area contributed by atoms with Crippen LogP contribution in [0.5, 0.6) is 0 Å². The van der Waals surface area contributed by atoms with E-state index >= 15 is 0 Å². The van der Waals surface area contributed by atoms with Crippen LogP contribution >= 0.6 is 31.4 Å². The van der Waals surface area contributed by atoms with Crippen LogP contribution < -0.4 is 0 Å². The number of rotatable bonds is 4. The Morgan fingerprint density at radius 3 is 1.71 bits per heavy atom. The van der Waals surface area contributed by atoms with Crippen LogP contribution in [0.15, 0.2) is 0 Å². The van der Waals surface area contributed by atoms with Crippen LogP contribution in [0.4, 0.5) is 0 Å². The first-order chi connectivity index (χ1) is 3.41. The van der Waals surface area contributed by atoms with E-state index in [1.807, 2.05) is 31.4 Å². The quantitative estimate of drug-likeness (QED) is 0.451. The van der Waals surface area contributed by atoms with Gasteiger partial charge in [0.2, 0.25) is 0 Å². The maximum absolute atomic E-state index is 2.17. The second-order valence-electron chi connectivity index (χ2n) is 0.881. The van der Waals surface area contributed by atoms with E-state index in [9.17, 15) is 0 Å². The van der Waals surface area contributed by atoms with Crippen LogP contribution in [0.2, 0.25) is 0 Å². The Bertz CT molecular complexity index is 26.1. The molecule has 0 nitrogen and oxygen atoms in total. The van der Waals surface area contributed by atoms with Gasteiger partial charge in [0.25, 0.3) is 0 Å². The predicted molar refractivity (Wildman–Crippen MR) is 43.9 cm³/mol. The molecule has 0 aromatic carbocycles. The fraction of sp³-hybridized carbons (Fsp3) is 1.00. The fourth-order valence-corrected chi connectivity index (χ4v) is 3.52. The predicted octanol–water partition coefficient (Wildman–Crippen LogP) is 3.06. The van der Waals surface area contributed by atoms with Gasteiger partial charge in [0.1, 0.15) is 0 Å². The minimum Gasteiger partial charge on any atom is -0.0829 e. The minimum atomic E-state index is 1.22. The van der Waals surface area contributed by atoms with E-state index in [0.29, 0.717) is 0 Å². The Morgan fingerprint density at radius 1 is 1.00 bits per heavy atom. The number of hydrogen-bond acceptors (Lipinski definition) is 3. The van der Waals surface area contributed by atoms with Gasteiger partial charge in [0.05, 0.1) is 0 Å². The molecule has 44 valence electrons. The van der Waals surface area contributed by atoms with Gasteiger partial charge in [0.15, 0.2) is 0 Å². The first-order valence-electron chi connectivity index (χ1n) is 2.32. The van der Waals surface area contributed by atoms with Crippen molar-refractivity contribution in [3.8, 4) is 0 Å². The van der Waals surface area contributed by atoms with Crippen molar-refractivity contribution in [2.45, 2.75) is 13.8 Å². The van der Waals surface area contributed by atoms with Crippen molar-refractivity contribution in [2.75, 3.05) is 11.5 Å². The molecule has 0 bridgehead atoms. The zero-order valence-corrected chi connectivity index (χ0v) is 7.09. The second-order valence-corrected chi connectivity index (χ2v) is 5.69. The topological polar surface area (TPSA) is 0 Å². The Balaban J connectivity index is 2.45. The van der Waals surface area contributed by atoms with Crippen LogP contribution in [-0.4, -0.2) is 11.5 Å². The van der Waals surface area contributed by atoms with E-state index < -0.39 is 0 Å². The van der Waals surface area contributed by atoms with Crippen molar-refractivity contribution in [3.63, 3.8) is 0 Å². The molecule has 0 aromatic rings. The zero-order chi connectivity index (χ0) is 5.54. The molecule has 0 N–H and O–H groups in total. The largest absolute Gasteiger partial charge is 0.0829 e. The van der Waals surface area contributed by atoms with Gasteiger partial charge in [-0.15, -0.1) is 0 Å². The molecule has 0 fully saturated rings. The van der Waals surface area contributed by atoms with Gasteiger partial charge >= 0.3 is 0 Å². The number of hydrogen-bond donors (Lipinski definition) is 0. The third kappa shape index (κ3) is 7.05. The second kappa shape index (κ2) is 7.05. The Kier molecular flexibility index (Phi) is 8.11. The average molecular weight is 154 g/mol. The molecule has 0 aliphatic carbocycles. The summed E-state index contributed by atoms with van der Waals surface area (Å²) in [7, 11) is 5.71. The molecule has 0 saturated carbocycles. The summed E-state index contributed by atoms with van der Waals surface area (Å²) in [5.74, 6) is 2.44. The lowest BCUT2D eigenvalue weighted by Crippen LogP contribution is -1.56. The van der Waals surface area contributed by atoms with Crippen LogP contribution in [0.1, 0.15) is 13.8 Å². The van der Waals surface area contributed by atoms with E-state index in [-0.39, 0.29) is 0 Å². The highest BCUT2D eigenvalue weighted by atomic mass is 33.5. The maximum Gasteiger partial charge on any atom is 0.00167 e. The molecule has 0 unspecified atom stereocenters. The molecule has 0 aliphatic rings. The van der Waals surface area contributed by atoms with E-state index in [2.05, 4.69) is 13.8 Å². The molecule has 0 atom stereocenters. The minimum absolute atomic E-state index is 1.22. The molecule has 0 aromatic heterocycles. The molecule has 3 heteroatoms. The van der Waals surface area contributed by atoms with Crippen LogP contribution in [0.3, 0.4) is 0 Å². The van der Waals surface area contributed by atoms with Gasteiger partial charge in [-0.05, 0) is 9.83 Å². The smallest absolute Gasteiger partial charge is 0.00167 e. The lowest BCUT2D eigenvalue weighted by Gasteiger charge is -1.89. The molecule has 0 radical (unpaired) electrons. The van der Waals surface area contributed by atoms with E-state index in [1.54, 1.807) is 0 Å². The van der Waals surface area contributed by atoms with Crippen LogP contribution in [0, 0.1) is 0 Å². The lowest BCUT2D eigenvalue weighted by atomic mass is 11.0. The molecule has 0 saturated heterocycles. The van der Waals surface area contributed by atoms with Crippen molar-refractivity contribution < 1.29 is 0 Å². The first kappa shape index (κ1) is 8.05. The summed E-state index contributed by atoms with van der Waals surface area (Å²) in [6.45, 7) is 4.35. The Labute approximate surface area is 57.0 Å². The summed E-state index contributed by atoms with van der Waals surface area (Å²) in [6, 6.07) is 0. The summed E-state index contributed by atoms with van der Waals surface area (Å²) in [5, 5.41) is 0. The summed E-state index contributed by atoms with van der Waals surface area (Å²) < 4.78 is 0. The lowest BCUT2D eigenvalue weighted by molar-refractivity contribution is 1.54. The van der Waals surface area contributed by atoms with Crippen molar-refractivity contribution in [1.82, 2.24) is 0 Å². The molecular weight excluding hydrogens is 144 g/mol. The van der Waals surface area contributed by atoms with Gasteiger partial charge in [-0.2, -0.15) is 0 Å². The Hall–Kier alpha value is 1.05. The van der Waals surface area contributed by atoms with Gasteiger partial charge in [0, 0.05) is 11.5 Å². The molecule has 0 amide bonds. The highest BCUT2D eigenvalue weighted by Crippen LogP contribution is 2.33. The molecule has 7 heavy (non-hydrogen) atoms. The van der Waals surface area contributed by atoms with E-state index in [4.69, 9.17) is 0 Å². The van der Waals surface area contributed by atoms with Crippen molar-refractivity contribution >= 4 is 31.4 Å². The molecule has 0 heterocycles. The van der Waals surface area contributed by atoms with Gasteiger partial charge in [-0.1, -0.05) is 35.4 Å². The third-order valence-electron chi connectivity index (χ3n) is 0.332. The van der Waals surface area contributed by atoms with Gasteiger partial charge < -0.3 is 0 Å². The first-order valence-corrected chi connectivity index (χ1v) is 6.15. The van der Waals surface area contributed by atoms with Gasteiger partial charge in [-0.25, -0.2) is 0 Å². The van der Waals surface area contributed by atoms with Crippen LogP contribution in [-0.2, 0) is 0 Å². The monoisotopic (exact) mass is 154 g/mol. The molecule has 0 aliphatic heterocycles. The summed E-state index contributed by atoms with van der Waals surface area (Å²) in [5.41, 5.74) is 0. The highest BCUT2D eigenvalue weighted by molar-refractivity contribution is 9.09. The highest BCUT2D eigenvalue weighted by Gasteiger charge is 1.81. The molecule has 0 rings (SSSR count). The maximum atomic E-state index is 2.17. The standard InChI is InChI=1S/C4H10S3/c1-3-5-7-6-4-2/h3-4H2,1-2H3. The van der Waals surface area contributed by atoms with E-state index in [1.165, 1.54) is 11.5 Å².